The molecule has 0 atom stereocenters. The Morgan fingerprint density at radius 3 is 2.48 bits per heavy atom. The molecular formula is C12H8Br2ClFN2O2S. The normalized spacial score (nSPS) is 11.4. The Hall–Kier alpha value is -0.830. The number of benzene rings is 2. The van der Waals surface area contributed by atoms with E-state index in [-0.39, 0.29) is 20.7 Å². The smallest absolute Gasteiger partial charge is 0.263 e. The Morgan fingerprint density at radius 1 is 1.14 bits per heavy atom. The largest absolute Gasteiger partial charge is 0.396 e. The monoisotopic (exact) mass is 456 g/mol. The predicted octanol–water partition coefficient (Wildman–Crippen LogP) is 4.39. The summed E-state index contributed by atoms with van der Waals surface area (Å²) < 4.78 is 41.0. The molecule has 0 aromatic heterocycles. The summed E-state index contributed by atoms with van der Waals surface area (Å²) in [4.78, 5) is -0.173. The molecule has 0 fully saturated rings. The standard InChI is InChI=1S/C12H8Br2ClFN2O2S/c13-7-2-1-6(15)3-11(7)18-21(19,20)12-5-10(17)9(16)4-8(12)14/h1-5,18H,17H2. The lowest BCUT2D eigenvalue weighted by molar-refractivity contribution is 0.599. The van der Waals surface area contributed by atoms with Gasteiger partial charge in [0.1, 0.15) is 10.7 Å². The zero-order valence-electron chi connectivity index (χ0n) is 10.2. The average molecular weight is 459 g/mol. The quantitative estimate of drug-likeness (QED) is 0.671. The van der Waals surface area contributed by atoms with Gasteiger partial charge in [0.05, 0.1) is 11.4 Å². The highest BCUT2D eigenvalue weighted by Crippen LogP contribution is 2.31. The number of anilines is 2. The first-order chi connectivity index (χ1) is 9.70. The Kier molecular flexibility index (Phi) is 4.82. The van der Waals surface area contributed by atoms with Crippen LogP contribution in [-0.2, 0) is 10.0 Å². The molecule has 0 saturated carbocycles. The van der Waals surface area contributed by atoms with Crippen LogP contribution in [0.2, 0.25) is 5.02 Å². The second kappa shape index (κ2) is 6.12. The van der Waals surface area contributed by atoms with E-state index in [4.69, 9.17) is 17.3 Å². The summed E-state index contributed by atoms with van der Waals surface area (Å²) >= 11 is 12.1. The molecule has 0 unspecified atom stereocenters. The Balaban J connectivity index is 2.48. The zero-order chi connectivity index (χ0) is 15.8. The molecule has 0 aliphatic carbocycles. The predicted molar refractivity (Wildman–Crippen MR) is 88.5 cm³/mol. The van der Waals surface area contributed by atoms with Crippen molar-refractivity contribution in [3.8, 4) is 0 Å². The molecule has 4 nitrogen and oxygen atoms in total. The molecule has 2 aromatic carbocycles. The second-order valence-electron chi connectivity index (χ2n) is 4.03. The van der Waals surface area contributed by atoms with Crippen LogP contribution in [0.5, 0.6) is 0 Å². The van der Waals surface area contributed by atoms with Gasteiger partial charge in [-0.1, -0.05) is 11.6 Å². The third kappa shape index (κ3) is 3.68. The lowest BCUT2D eigenvalue weighted by Gasteiger charge is -2.12. The molecule has 0 bridgehead atoms. The molecule has 2 aromatic rings. The fraction of sp³-hybridized carbons (Fsp3) is 0. The minimum atomic E-state index is -3.95. The first-order valence-corrected chi connectivity index (χ1v) is 8.88. The van der Waals surface area contributed by atoms with Crippen LogP contribution in [0.3, 0.4) is 0 Å². The van der Waals surface area contributed by atoms with Gasteiger partial charge in [-0.15, -0.1) is 0 Å². The van der Waals surface area contributed by atoms with Gasteiger partial charge >= 0.3 is 0 Å². The summed E-state index contributed by atoms with van der Waals surface area (Å²) in [5, 5.41) is 0.369. The Bertz CT molecular complexity index is 815. The van der Waals surface area contributed by atoms with Crippen LogP contribution >= 0.6 is 43.5 Å². The van der Waals surface area contributed by atoms with Crippen molar-refractivity contribution in [1.29, 1.82) is 0 Å². The van der Waals surface area contributed by atoms with Crippen molar-refractivity contribution < 1.29 is 12.8 Å². The number of nitrogens with one attached hydrogen (secondary N) is 1. The van der Waals surface area contributed by atoms with Crippen molar-refractivity contribution in [2.75, 3.05) is 10.5 Å². The highest BCUT2D eigenvalue weighted by molar-refractivity contribution is 9.11. The third-order valence-corrected chi connectivity index (χ3v) is 5.76. The molecule has 2 rings (SSSR count). The molecule has 0 spiro atoms. The molecule has 3 N–H and O–H groups in total. The van der Waals surface area contributed by atoms with E-state index in [1.165, 1.54) is 6.07 Å². The number of nitrogen functional groups attached to an aromatic ring is 1. The topological polar surface area (TPSA) is 72.2 Å². The minimum absolute atomic E-state index is 0.0693. The van der Waals surface area contributed by atoms with Crippen LogP contribution in [-0.4, -0.2) is 8.42 Å². The van der Waals surface area contributed by atoms with Crippen molar-refractivity contribution in [2.24, 2.45) is 0 Å². The van der Waals surface area contributed by atoms with E-state index in [9.17, 15) is 12.8 Å². The Labute approximate surface area is 142 Å². The molecule has 9 heteroatoms. The molecule has 0 amide bonds. The van der Waals surface area contributed by atoms with Crippen LogP contribution in [0.25, 0.3) is 0 Å². The fourth-order valence-corrected chi connectivity index (χ4v) is 4.30. The fourth-order valence-electron chi connectivity index (χ4n) is 1.53. The van der Waals surface area contributed by atoms with Crippen LogP contribution in [0.4, 0.5) is 15.8 Å². The van der Waals surface area contributed by atoms with Crippen LogP contribution in [0, 0.1) is 5.82 Å². The zero-order valence-corrected chi connectivity index (χ0v) is 14.9. The van der Waals surface area contributed by atoms with Crippen molar-refractivity contribution in [1.82, 2.24) is 0 Å². The van der Waals surface area contributed by atoms with Gasteiger partial charge in [-0.25, -0.2) is 12.8 Å². The van der Waals surface area contributed by atoms with E-state index in [2.05, 4.69) is 36.6 Å². The maximum atomic E-state index is 13.3. The third-order valence-electron chi connectivity index (χ3n) is 2.51. The molecule has 0 saturated heterocycles. The van der Waals surface area contributed by atoms with E-state index in [1.54, 1.807) is 12.1 Å². The SMILES string of the molecule is Nc1cc(S(=O)(=O)Nc2cc(Cl)ccc2Br)c(Br)cc1F. The minimum Gasteiger partial charge on any atom is -0.396 e. The van der Waals surface area contributed by atoms with Gasteiger partial charge < -0.3 is 5.73 Å². The van der Waals surface area contributed by atoms with Gasteiger partial charge in [0, 0.05) is 14.0 Å². The van der Waals surface area contributed by atoms with Gasteiger partial charge in [0.2, 0.25) is 0 Å². The first-order valence-electron chi connectivity index (χ1n) is 5.43. The van der Waals surface area contributed by atoms with Gasteiger partial charge in [-0.2, -0.15) is 0 Å². The molecule has 112 valence electrons. The van der Waals surface area contributed by atoms with Gasteiger partial charge in [0.25, 0.3) is 10.0 Å². The van der Waals surface area contributed by atoms with E-state index in [0.717, 1.165) is 12.1 Å². The van der Waals surface area contributed by atoms with Crippen LogP contribution in [0.15, 0.2) is 44.2 Å². The van der Waals surface area contributed by atoms with E-state index < -0.39 is 15.8 Å². The number of rotatable bonds is 3. The maximum absolute atomic E-state index is 13.3. The van der Waals surface area contributed by atoms with Crippen molar-refractivity contribution in [3.63, 3.8) is 0 Å². The molecular weight excluding hydrogens is 450 g/mol. The summed E-state index contributed by atoms with van der Waals surface area (Å²) in [6.45, 7) is 0. The number of sulfonamides is 1. The number of halogens is 4. The first kappa shape index (κ1) is 16.5. The second-order valence-corrected chi connectivity index (χ2v) is 7.83. The van der Waals surface area contributed by atoms with E-state index in [0.29, 0.717) is 9.50 Å². The summed E-state index contributed by atoms with van der Waals surface area (Å²) in [6.07, 6.45) is 0. The molecule has 0 aliphatic rings. The van der Waals surface area contributed by atoms with Crippen LogP contribution < -0.4 is 10.5 Å². The van der Waals surface area contributed by atoms with Crippen molar-refractivity contribution in [3.05, 3.63) is 50.1 Å². The summed E-state index contributed by atoms with van der Waals surface area (Å²) in [6, 6.07) is 6.70. The summed E-state index contributed by atoms with van der Waals surface area (Å²) in [5.41, 5.74) is 5.42. The lowest BCUT2D eigenvalue weighted by atomic mass is 10.3. The summed E-state index contributed by atoms with van der Waals surface area (Å²) in [7, 11) is -3.95. The van der Waals surface area contributed by atoms with Crippen LogP contribution in [0.1, 0.15) is 0 Å². The van der Waals surface area contributed by atoms with E-state index >= 15 is 0 Å². The highest BCUT2D eigenvalue weighted by Gasteiger charge is 2.21. The number of hydrogen-bond donors (Lipinski definition) is 2. The van der Waals surface area contributed by atoms with E-state index in [1.807, 2.05) is 0 Å². The number of hydrogen-bond acceptors (Lipinski definition) is 3. The molecule has 0 radical (unpaired) electrons. The Morgan fingerprint density at radius 2 is 1.81 bits per heavy atom. The average Bonchev–Trinajstić information content (AvgIpc) is 2.37. The van der Waals surface area contributed by atoms with Gasteiger partial charge in [-0.05, 0) is 62.2 Å². The van der Waals surface area contributed by atoms with Gasteiger partial charge in [0.15, 0.2) is 0 Å². The maximum Gasteiger partial charge on any atom is 0.263 e. The highest BCUT2D eigenvalue weighted by atomic mass is 79.9. The molecule has 21 heavy (non-hydrogen) atoms. The van der Waals surface area contributed by atoms with Crippen molar-refractivity contribution >= 4 is 64.9 Å². The number of nitrogens with two attached hydrogens (primary N) is 1. The molecule has 0 heterocycles. The lowest BCUT2D eigenvalue weighted by Crippen LogP contribution is -2.14. The summed E-state index contributed by atoms with van der Waals surface area (Å²) in [5.74, 6) is -0.704. The van der Waals surface area contributed by atoms with Gasteiger partial charge in [-0.3, -0.25) is 4.72 Å². The molecule has 0 aliphatic heterocycles. The van der Waals surface area contributed by atoms with Crippen molar-refractivity contribution in [2.45, 2.75) is 4.90 Å².